The summed E-state index contributed by atoms with van der Waals surface area (Å²) in [5.74, 6) is -2.44. The maximum atomic E-state index is 9.87. The van der Waals surface area contributed by atoms with Crippen molar-refractivity contribution < 1.29 is 19.8 Å². The predicted molar refractivity (Wildman–Crippen MR) is 60.9 cm³/mol. The lowest BCUT2D eigenvalue weighted by Crippen LogP contribution is -2.04. The van der Waals surface area contributed by atoms with Crippen molar-refractivity contribution in [1.82, 2.24) is 0 Å². The van der Waals surface area contributed by atoms with Crippen molar-refractivity contribution in [2.45, 2.75) is 6.42 Å². The van der Waals surface area contributed by atoms with Crippen LogP contribution < -0.4 is 0 Å². The molecule has 0 rings (SSSR count). The monoisotopic (exact) mass is 245 g/mol. The molecule has 0 spiro atoms. The largest absolute Gasteiger partial charge is 0.481 e. The summed E-state index contributed by atoms with van der Waals surface area (Å²) in [6, 6.07) is 1.69. The molecule has 16 heavy (non-hydrogen) atoms. The highest BCUT2D eigenvalue weighted by Gasteiger charge is 2.07. The smallest absolute Gasteiger partial charge is 0.331 e. The highest BCUT2D eigenvalue weighted by atomic mass is 35.5. The van der Waals surface area contributed by atoms with E-state index in [1.807, 2.05) is 0 Å². The van der Waals surface area contributed by atoms with E-state index in [1.165, 1.54) is 11.6 Å². The van der Waals surface area contributed by atoms with Gasteiger partial charge >= 0.3 is 11.9 Å². The van der Waals surface area contributed by atoms with E-state index >= 15 is 0 Å². The van der Waals surface area contributed by atoms with Gasteiger partial charge in [-0.15, -0.1) is 0 Å². The Bertz CT molecular complexity index is 304. The Morgan fingerprint density at radius 1 is 1.38 bits per heavy atom. The molecule has 0 fully saturated rings. The normalized spacial score (nSPS) is 6.50. The average Bonchev–Trinajstić information content (AvgIpc) is 2.18. The van der Waals surface area contributed by atoms with Crippen LogP contribution in [0.1, 0.15) is 6.42 Å². The molecule has 0 bridgehead atoms. The Morgan fingerprint density at radius 2 is 1.69 bits per heavy atom. The van der Waals surface area contributed by atoms with Gasteiger partial charge in [-0.2, -0.15) is 5.26 Å². The van der Waals surface area contributed by atoms with Gasteiger partial charge in [0.1, 0.15) is 0 Å². The number of aliphatic carboxylic acids is 2. The maximum Gasteiger partial charge on any atom is 0.331 e. The van der Waals surface area contributed by atoms with Gasteiger partial charge in [0.15, 0.2) is 0 Å². The van der Waals surface area contributed by atoms with Crippen LogP contribution in [0.2, 0.25) is 0 Å². The minimum atomic E-state index is -1.27. The summed E-state index contributed by atoms with van der Waals surface area (Å²) in [7, 11) is 0. The summed E-state index contributed by atoms with van der Waals surface area (Å²) in [6.45, 7) is 9.26. The Labute approximate surface area is 98.6 Å². The molecule has 0 unspecified atom stereocenters. The zero-order chi connectivity index (χ0) is 13.6. The highest BCUT2D eigenvalue weighted by molar-refractivity contribution is 6.25. The van der Waals surface area contributed by atoms with Gasteiger partial charge in [-0.3, -0.25) is 4.79 Å². The first-order chi connectivity index (χ1) is 7.37. The average molecular weight is 246 g/mol. The molecule has 88 valence electrons. The van der Waals surface area contributed by atoms with Gasteiger partial charge in [0, 0.05) is 11.6 Å². The lowest BCUT2D eigenvalue weighted by Gasteiger charge is -1.91. The van der Waals surface area contributed by atoms with E-state index in [9.17, 15) is 9.59 Å². The quantitative estimate of drug-likeness (QED) is 0.586. The molecule has 0 aromatic rings. The molecule has 0 aliphatic carbocycles. The van der Waals surface area contributed by atoms with Gasteiger partial charge < -0.3 is 10.2 Å². The number of carboxylic acids is 2. The van der Waals surface area contributed by atoms with Crippen molar-refractivity contribution in [2.75, 3.05) is 0 Å². The topological polar surface area (TPSA) is 98.4 Å². The van der Waals surface area contributed by atoms with Crippen LogP contribution in [0.4, 0.5) is 0 Å². The van der Waals surface area contributed by atoms with E-state index in [0.717, 1.165) is 0 Å². The number of nitriles is 1. The Kier molecular flexibility index (Phi) is 18.8. The van der Waals surface area contributed by atoms with Crippen molar-refractivity contribution in [1.29, 1.82) is 5.26 Å². The fourth-order valence-corrected chi connectivity index (χ4v) is 0.258. The van der Waals surface area contributed by atoms with E-state index in [4.69, 9.17) is 27.1 Å². The van der Waals surface area contributed by atoms with Crippen LogP contribution in [0.5, 0.6) is 0 Å². The Morgan fingerprint density at radius 3 is 1.75 bits per heavy atom. The minimum absolute atomic E-state index is 0.303. The Hall–Kier alpha value is -2.06. The summed E-state index contributed by atoms with van der Waals surface area (Å²) < 4.78 is 0. The second kappa shape index (κ2) is 15.4. The van der Waals surface area contributed by atoms with E-state index < -0.39 is 18.4 Å². The molecule has 0 atom stereocenters. The third-order valence-electron chi connectivity index (χ3n) is 0.758. The molecule has 0 aromatic heterocycles. The van der Waals surface area contributed by atoms with E-state index in [0.29, 0.717) is 0 Å². The van der Waals surface area contributed by atoms with Crippen molar-refractivity contribution in [3.63, 3.8) is 0 Å². The Balaban J connectivity index is -0.000000201. The van der Waals surface area contributed by atoms with Crippen molar-refractivity contribution in [2.24, 2.45) is 0 Å². The van der Waals surface area contributed by atoms with E-state index in [-0.39, 0.29) is 5.57 Å². The molecule has 5 nitrogen and oxygen atoms in total. The minimum Gasteiger partial charge on any atom is -0.481 e. The van der Waals surface area contributed by atoms with Crippen LogP contribution in [-0.4, -0.2) is 22.2 Å². The van der Waals surface area contributed by atoms with Gasteiger partial charge in [0.05, 0.1) is 12.5 Å². The molecule has 0 saturated carbocycles. The number of nitrogens with zero attached hydrogens (tertiary/aromatic N) is 1. The lowest BCUT2D eigenvalue weighted by atomic mass is 10.2. The summed E-state index contributed by atoms with van der Waals surface area (Å²) in [5.41, 5.74) is 0.919. The summed E-state index contributed by atoms with van der Waals surface area (Å²) in [4.78, 5) is 19.7. The van der Waals surface area contributed by atoms with Crippen molar-refractivity contribution in [3.8, 4) is 6.07 Å². The van der Waals surface area contributed by atoms with Crippen molar-refractivity contribution in [3.05, 3.63) is 36.9 Å². The maximum absolute atomic E-state index is 9.87. The highest BCUT2D eigenvalue weighted by Crippen LogP contribution is 1.95. The van der Waals surface area contributed by atoms with Crippen LogP contribution in [0.3, 0.4) is 0 Å². The first-order valence-electron chi connectivity index (χ1n) is 3.71. The third kappa shape index (κ3) is 29.7. The number of carboxylic acid groups (broad SMARTS) is 2. The zero-order valence-corrected chi connectivity index (χ0v) is 9.28. The summed E-state index contributed by atoms with van der Waals surface area (Å²) >= 11 is 4.76. The summed E-state index contributed by atoms with van der Waals surface area (Å²) in [5, 5.41) is 23.6. The number of rotatable bonds is 3. The van der Waals surface area contributed by atoms with E-state index in [2.05, 4.69) is 19.7 Å². The zero-order valence-electron chi connectivity index (χ0n) is 8.52. The number of carbonyl (C=O) groups is 2. The molecule has 0 aliphatic rings. The standard InChI is InChI=1S/C5H6O4.C3H3N.C2H3Cl/c1-3(5(8)9)2-4(6)7;1-2-3-4;1-2-3/h1-2H2,(H,6,7)(H,8,9);2H,1H2;2H,1H2. The second-order valence-corrected chi connectivity index (χ2v) is 2.28. The van der Waals surface area contributed by atoms with Crippen LogP contribution in [-0.2, 0) is 9.59 Å². The molecule has 2 N–H and O–H groups in total. The molecule has 6 heteroatoms. The number of hydrogen-bond acceptors (Lipinski definition) is 3. The molecule has 0 radical (unpaired) electrons. The van der Waals surface area contributed by atoms with Crippen LogP contribution in [0, 0.1) is 11.3 Å². The molecule has 0 amide bonds. The van der Waals surface area contributed by atoms with Gasteiger partial charge in [0.25, 0.3) is 0 Å². The first-order valence-corrected chi connectivity index (χ1v) is 4.15. The number of allylic oxidation sites excluding steroid dienone is 1. The predicted octanol–water partition coefficient (Wildman–Crippen LogP) is 2.17. The second-order valence-electron chi connectivity index (χ2n) is 1.97. The SMILES string of the molecule is C=C(CC(=O)O)C(=O)O.C=CC#N.C=CCl. The van der Waals surface area contributed by atoms with Crippen molar-refractivity contribution >= 4 is 23.5 Å². The number of halogens is 1. The molecule has 0 saturated heterocycles. The van der Waals surface area contributed by atoms with Gasteiger partial charge in [-0.05, 0) is 5.54 Å². The van der Waals surface area contributed by atoms with Crippen LogP contribution in [0.25, 0.3) is 0 Å². The molecular formula is C10H12ClNO4. The van der Waals surface area contributed by atoms with Gasteiger partial charge in [0.2, 0.25) is 0 Å². The fraction of sp³-hybridized carbons (Fsp3) is 0.100. The van der Waals surface area contributed by atoms with Crippen LogP contribution in [0.15, 0.2) is 36.9 Å². The fourth-order valence-electron chi connectivity index (χ4n) is 0.258. The van der Waals surface area contributed by atoms with Gasteiger partial charge in [-0.25, -0.2) is 4.79 Å². The molecule has 0 heterocycles. The van der Waals surface area contributed by atoms with Gasteiger partial charge in [-0.1, -0.05) is 31.3 Å². The lowest BCUT2D eigenvalue weighted by molar-refractivity contribution is -0.139. The molecular weight excluding hydrogens is 234 g/mol. The molecule has 0 aromatic carbocycles. The third-order valence-corrected chi connectivity index (χ3v) is 0.758. The summed E-state index contributed by atoms with van der Waals surface area (Å²) in [6.07, 6.45) is 0.676. The van der Waals surface area contributed by atoms with Crippen LogP contribution >= 0.6 is 11.6 Å². The van der Waals surface area contributed by atoms with E-state index in [1.54, 1.807) is 6.07 Å². The molecule has 0 aliphatic heterocycles. The number of hydrogen-bond donors (Lipinski definition) is 2. The first kappa shape index (κ1) is 19.5.